The number of rotatable bonds is 1. The Labute approximate surface area is 137 Å². The molecule has 2 aromatic rings. The molecule has 1 aliphatic heterocycles. The number of fused-ring (bicyclic) bond motifs is 1. The molecule has 0 unspecified atom stereocenters. The Bertz CT molecular complexity index is 847. The van der Waals surface area contributed by atoms with Crippen molar-refractivity contribution < 1.29 is 12.6 Å². The van der Waals surface area contributed by atoms with Crippen LogP contribution < -0.4 is 8.91 Å². The van der Waals surface area contributed by atoms with Crippen LogP contribution in [0.2, 0.25) is 0 Å². The topological polar surface area (TPSA) is 55.4 Å². The van der Waals surface area contributed by atoms with Crippen molar-refractivity contribution in [2.45, 2.75) is 39.7 Å². The molecule has 0 saturated heterocycles. The summed E-state index contributed by atoms with van der Waals surface area (Å²) in [6.07, 6.45) is 0. The van der Waals surface area contributed by atoms with Crippen LogP contribution in [0.4, 0.5) is 0 Å². The highest BCUT2D eigenvalue weighted by Crippen LogP contribution is 2.38. The van der Waals surface area contributed by atoms with Gasteiger partial charge in [-0.2, -0.15) is 13.1 Å². The van der Waals surface area contributed by atoms with E-state index in [1.807, 2.05) is 31.2 Å². The van der Waals surface area contributed by atoms with Crippen molar-refractivity contribution in [3.8, 4) is 16.9 Å². The summed E-state index contributed by atoms with van der Waals surface area (Å²) in [5.74, 6) is 0.429. The minimum Gasteiger partial charge on any atom is -0.370 e. The third-order valence-electron chi connectivity index (χ3n) is 4.00. The van der Waals surface area contributed by atoms with Crippen LogP contribution in [0.25, 0.3) is 11.1 Å². The third-order valence-corrected chi connectivity index (χ3v) is 4.89. The number of aryl methyl sites for hydroxylation is 1. The molecule has 1 heterocycles. The maximum atomic E-state index is 11.7. The minimum absolute atomic E-state index is 0.0777. The van der Waals surface area contributed by atoms with Gasteiger partial charge in [0.15, 0.2) is 5.75 Å². The van der Waals surface area contributed by atoms with E-state index in [9.17, 15) is 8.42 Å². The zero-order chi connectivity index (χ0) is 16.8. The van der Waals surface area contributed by atoms with Gasteiger partial charge in [-0.05, 0) is 35.1 Å². The summed E-state index contributed by atoms with van der Waals surface area (Å²) in [5.41, 5.74) is 5.01. The van der Waals surface area contributed by atoms with Gasteiger partial charge in [-0.25, -0.2) is 0 Å². The van der Waals surface area contributed by atoms with E-state index in [1.165, 1.54) is 5.56 Å². The summed E-state index contributed by atoms with van der Waals surface area (Å²) in [5, 5.41) is 0. The Kier molecular flexibility index (Phi) is 3.73. The Morgan fingerprint density at radius 3 is 2.35 bits per heavy atom. The lowest BCUT2D eigenvalue weighted by Gasteiger charge is -2.22. The maximum Gasteiger partial charge on any atom is 0.382 e. The van der Waals surface area contributed by atoms with E-state index in [0.29, 0.717) is 5.75 Å². The molecule has 0 radical (unpaired) electrons. The van der Waals surface area contributed by atoms with Gasteiger partial charge < -0.3 is 4.18 Å². The zero-order valence-electron chi connectivity index (χ0n) is 13.8. The van der Waals surface area contributed by atoms with Crippen LogP contribution in [0.15, 0.2) is 36.4 Å². The summed E-state index contributed by atoms with van der Waals surface area (Å²) in [7, 11) is -3.72. The number of hydrogen-bond acceptors (Lipinski definition) is 3. The fourth-order valence-electron chi connectivity index (χ4n) is 2.75. The molecule has 4 nitrogen and oxygen atoms in total. The lowest BCUT2D eigenvalue weighted by Crippen LogP contribution is -2.32. The molecule has 0 spiro atoms. The first-order valence-electron chi connectivity index (χ1n) is 7.59. The van der Waals surface area contributed by atoms with Crippen molar-refractivity contribution in [1.82, 2.24) is 4.72 Å². The standard InChI is InChI=1S/C18H21NO3S/c1-12-9-14-11-19-23(20,21)22-17(14)16(10-12)13-5-7-15(8-6-13)18(2,3)4/h5-10,19H,11H2,1-4H3. The van der Waals surface area contributed by atoms with Gasteiger partial charge in [-0.1, -0.05) is 51.1 Å². The van der Waals surface area contributed by atoms with Crippen LogP contribution in [-0.2, 0) is 22.3 Å². The summed E-state index contributed by atoms with van der Waals surface area (Å²) in [6.45, 7) is 8.75. The Morgan fingerprint density at radius 2 is 1.74 bits per heavy atom. The fraction of sp³-hybridized carbons (Fsp3) is 0.333. The highest BCUT2D eigenvalue weighted by Gasteiger charge is 2.25. The molecule has 0 aromatic heterocycles. The van der Waals surface area contributed by atoms with Crippen molar-refractivity contribution in [3.63, 3.8) is 0 Å². The van der Waals surface area contributed by atoms with Gasteiger partial charge in [0.2, 0.25) is 0 Å². The molecule has 0 bridgehead atoms. The molecule has 0 fully saturated rings. The normalized spacial score (nSPS) is 16.5. The zero-order valence-corrected chi connectivity index (χ0v) is 14.6. The van der Waals surface area contributed by atoms with Gasteiger partial charge in [0.1, 0.15) is 0 Å². The van der Waals surface area contributed by atoms with Gasteiger partial charge in [-0.3, -0.25) is 0 Å². The van der Waals surface area contributed by atoms with Crippen molar-refractivity contribution >= 4 is 10.3 Å². The van der Waals surface area contributed by atoms with Crippen LogP contribution in [0, 0.1) is 6.92 Å². The molecule has 0 atom stereocenters. The quantitative estimate of drug-likeness (QED) is 0.867. The Hall–Kier alpha value is -1.85. The first-order valence-corrected chi connectivity index (χ1v) is 9.00. The van der Waals surface area contributed by atoms with Crippen LogP contribution in [0.1, 0.15) is 37.5 Å². The van der Waals surface area contributed by atoms with Gasteiger partial charge in [0.05, 0.1) is 0 Å². The Balaban J connectivity index is 2.12. The lowest BCUT2D eigenvalue weighted by molar-refractivity contribution is 0.454. The summed E-state index contributed by atoms with van der Waals surface area (Å²) in [6, 6.07) is 12.1. The van der Waals surface area contributed by atoms with Crippen LogP contribution in [0.3, 0.4) is 0 Å². The van der Waals surface area contributed by atoms with E-state index in [0.717, 1.165) is 22.3 Å². The first kappa shape index (κ1) is 16.0. The highest BCUT2D eigenvalue weighted by molar-refractivity contribution is 7.85. The molecule has 23 heavy (non-hydrogen) atoms. The fourth-order valence-corrected chi connectivity index (χ4v) is 3.55. The molecule has 3 rings (SSSR count). The van der Waals surface area contributed by atoms with E-state index in [-0.39, 0.29) is 12.0 Å². The number of nitrogens with one attached hydrogen (secondary N) is 1. The largest absolute Gasteiger partial charge is 0.382 e. The van der Waals surface area contributed by atoms with Gasteiger partial charge in [0, 0.05) is 17.7 Å². The summed E-state index contributed by atoms with van der Waals surface area (Å²) in [4.78, 5) is 0. The molecule has 0 amide bonds. The van der Waals surface area contributed by atoms with Crippen molar-refractivity contribution in [2.24, 2.45) is 0 Å². The minimum atomic E-state index is -3.72. The third kappa shape index (κ3) is 3.26. The number of hydrogen-bond donors (Lipinski definition) is 1. The predicted molar refractivity (Wildman–Crippen MR) is 91.7 cm³/mol. The second kappa shape index (κ2) is 5.35. The van der Waals surface area contributed by atoms with E-state index >= 15 is 0 Å². The molecule has 1 aliphatic rings. The molecular formula is C18H21NO3S. The van der Waals surface area contributed by atoms with Crippen LogP contribution >= 0.6 is 0 Å². The van der Waals surface area contributed by atoms with E-state index in [4.69, 9.17) is 4.18 Å². The van der Waals surface area contributed by atoms with Gasteiger partial charge in [0.25, 0.3) is 0 Å². The average molecular weight is 331 g/mol. The highest BCUT2D eigenvalue weighted by atomic mass is 32.2. The first-order chi connectivity index (χ1) is 10.7. The second-order valence-corrected chi connectivity index (χ2v) is 8.35. The lowest BCUT2D eigenvalue weighted by atomic mass is 9.86. The van der Waals surface area contributed by atoms with E-state index in [1.54, 1.807) is 0 Å². The van der Waals surface area contributed by atoms with E-state index in [2.05, 4.69) is 37.6 Å². The van der Waals surface area contributed by atoms with Crippen molar-refractivity contribution in [3.05, 3.63) is 53.1 Å². The smallest absolute Gasteiger partial charge is 0.370 e. The molecule has 122 valence electrons. The monoisotopic (exact) mass is 331 g/mol. The molecule has 5 heteroatoms. The van der Waals surface area contributed by atoms with Crippen molar-refractivity contribution in [2.75, 3.05) is 0 Å². The molecular weight excluding hydrogens is 310 g/mol. The molecule has 1 N–H and O–H groups in total. The Morgan fingerprint density at radius 1 is 1.09 bits per heavy atom. The second-order valence-electron chi connectivity index (χ2n) is 6.99. The van der Waals surface area contributed by atoms with Gasteiger partial charge in [-0.15, -0.1) is 0 Å². The van der Waals surface area contributed by atoms with Crippen LogP contribution in [0.5, 0.6) is 5.75 Å². The predicted octanol–water partition coefficient (Wildman–Crippen LogP) is 3.69. The van der Waals surface area contributed by atoms with Crippen molar-refractivity contribution in [1.29, 1.82) is 0 Å². The molecule has 0 saturated carbocycles. The average Bonchev–Trinajstić information content (AvgIpc) is 2.46. The maximum absolute atomic E-state index is 11.7. The molecule has 0 aliphatic carbocycles. The summed E-state index contributed by atoms with van der Waals surface area (Å²) < 4.78 is 31.1. The van der Waals surface area contributed by atoms with Crippen LogP contribution in [-0.4, -0.2) is 8.42 Å². The SMILES string of the molecule is Cc1cc2c(c(-c3ccc(C(C)(C)C)cc3)c1)OS(=O)(=O)NC2. The number of benzene rings is 2. The molecule has 2 aromatic carbocycles. The summed E-state index contributed by atoms with van der Waals surface area (Å²) >= 11 is 0. The van der Waals surface area contributed by atoms with E-state index < -0.39 is 10.3 Å². The van der Waals surface area contributed by atoms with Gasteiger partial charge >= 0.3 is 10.3 Å².